The van der Waals surface area contributed by atoms with Crippen LogP contribution in [0.5, 0.6) is 0 Å². The lowest BCUT2D eigenvalue weighted by atomic mass is 9.99. The highest BCUT2D eigenvalue weighted by Crippen LogP contribution is 2.18. The van der Waals surface area contributed by atoms with E-state index in [-0.39, 0.29) is 11.3 Å². The largest absolute Gasteiger partial charge is 0.350 e. The standard InChI is InChI=1S/C12H20ClN3OS/c1-4-8(5-2)9(13)7-14-12(17)11-10(6-3)15-16-18-11/h8-9H,4-7H2,1-3H3,(H,14,17). The fourth-order valence-corrected chi connectivity index (χ4v) is 2.95. The van der Waals surface area contributed by atoms with Gasteiger partial charge in [-0.15, -0.1) is 16.7 Å². The Balaban J connectivity index is 2.51. The molecule has 1 rings (SSSR count). The lowest BCUT2D eigenvalue weighted by molar-refractivity contribution is 0.0954. The monoisotopic (exact) mass is 289 g/mol. The molecule has 1 unspecified atom stereocenters. The van der Waals surface area contributed by atoms with Crippen molar-refractivity contribution in [3.8, 4) is 0 Å². The summed E-state index contributed by atoms with van der Waals surface area (Å²) in [5, 5.41) is 6.77. The van der Waals surface area contributed by atoms with Crippen LogP contribution in [0.4, 0.5) is 0 Å². The maximum Gasteiger partial charge on any atom is 0.265 e. The van der Waals surface area contributed by atoms with E-state index in [1.165, 1.54) is 0 Å². The molecule has 1 aromatic heterocycles. The van der Waals surface area contributed by atoms with Crippen molar-refractivity contribution in [1.82, 2.24) is 14.9 Å². The maximum absolute atomic E-state index is 11.9. The fraction of sp³-hybridized carbons (Fsp3) is 0.750. The zero-order valence-corrected chi connectivity index (χ0v) is 12.6. The van der Waals surface area contributed by atoms with Gasteiger partial charge < -0.3 is 5.32 Å². The molecule has 1 aromatic rings. The number of nitrogens with one attached hydrogen (secondary N) is 1. The number of halogens is 1. The molecule has 0 saturated heterocycles. The number of carbonyl (C=O) groups excluding carboxylic acids is 1. The third kappa shape index (κ3) is 3.92. The molecule has 18 heavy (non-hydrogen) atoms. The molecule has 1 amide bonds. The van der Waals surface area contributed by atoms with Crippen molar-refractivity contribution in [3.63, 3.8) is 0 Å². The number of aryl methyl sites for hydroxylation is 1. The van der Waals surface area contributed by atoms with Crippen molar-refractivity contribution in [2.24, 2.45) is 5.92 Å². The second-order valence-corrected chi connectivity index (χ2v) is 5.52. The second-order valence-electron chi connectivity index (χ2n) is 4.20. The zero-order valence-electron chi connectivity index (χ0n) is 11.1. The Labute approximate surface area is 117 Å². The highest BCUT2D eigenvalue weighted by atomic mass is 35.5. The van der Waals surface area contributed by atoms with Crippen LogP contribution < -0.4 is 5.32 Å². The van der Waals surface area contributed by atoms with E-state index in [4.69, 9.17) is 11.6 Å². The van der Waals surface area contributed by atoms with Crippen molar-refractivity contribution in [2.75, 3.05) is 6.54 Å². The van der Waals surface area contributed by atoms with Crippen molar-refractivity contribution in [3.05, 3.63) is 10.6 Å². The second kappa shape index (κ2) is 7.69. The van der Waals surface area contributed by atoms with Gasteiger partial charge in [0.25, 0.3) is 5.91 Å². The molecule has 0 aliphatic heterocycles. The highest BCUT2D eigenvalue weighted by molar-refractivity contribution is 7.08. The number of carbonyl (C=O) groups is 1. The van der Waals surface area contributed by atoms with Crippen LogP contribution in [0.3, 0.4) is 0 Å². The van der Waals surface area contributed by atoms with Gasteiger partial charge in [-0.25, -0.2) is 0 Å². The molecule has 0 radical (unpaired) electrons. The van der Waals surface area contributed by atoms with Crippen molar-refractivity contribution in [2.45, 2.75) is 45.4 Å². The molecular weight excluding hydrogens is 270 g/mol. The van der Waals surface area contributed by atoms with Crippen LogP contribution in [0.2, 0.25) is 0 Å². The lowest BCUT2D eigenvalue weighted by Crippen LogP contribution is -2.33. The van der Waals surface area contributed by atoms with Gasteiger partial charge in [0.1, 0.15) is 4.88 Å². The molecule has 0 aromatic carbocycles. The first-order valence-corrected chi connectivity index (χ1v) is 7.58. The van der Waals surface area contributed by atoms with Crippen LogP contribution in [0.1, 0.15) is 49.0 Å². The molecule has 102 valence electrons. The summed E-state index contributed by atoms with van der Waals surface area (Å²) in [6.07, 6.45) is 2.78. The van der Waals surface area contributed by atoms with E-state index in [2.05, 4.69) is 28.8 Å². The Kier molecular flexibility index (Phi) is 6.57. The Hall–Kier alpha value is -0.680. The fourth-order valence-electron chi connectivity index (χ4n) is 1.85. The Morgan fingerprint density at radius 3 is 2.61 bits per heavy atom. The lowest BCUT2D eigenvalue weighted by Gasteiger charge is -2.19. The molecule has 1 N–H and O–H groups in total. The zero-order chi connectivity index (χ0) is 13.5. The minimum Gasteiger partial charge on any atom is -0.350 e. The van der Waals surface area contributed by atoms with Crippen LogP contribution in [0, 0.1) is 5.92 Å². The van der Waals surface area contributed by atoms with Crippen LogP contribution >= 0.6 is 23.1 Å². The third-order valence-corrected chi connectivity index (χ3v) is 4.39. The summed E-state index contributed by atoms with van der Waals surface area (Å²) in [5.74, 6) is 0.329. The summed E-state index contributed by atoms with van der Waals surface area (Å²) in [6.45, 7) is 6.69. The molecule has 6 heteroatoms. The smallest absolute Gasteiger partial charge is 0.265 e. The predicted molar refractivity (Wildman–Crippen MR) is 75.3 cm³/mol. The van der Waals surface area contributed by atoms with E-state index in [1.807, 2.05) is 6.92 Å². The van der Waals surface area contributed by atoms with Gasteiger partial charge in [-0.3, -0.25) is 4.79 Å². The first kappa shape index (κ1) is 15.4. The molecule has 1 heterocycles. The van der Waals surface area contributed by atoms with Crippen LogP contribution in [-0.2, 0) is 6.42 Å². The first-order valence-electron chi connectivity index (χ1n) is 6.37. The summed E-state index contributed by atoms with van der Waals surface area (Å²) in [7, 11) is 0. The topological polar surface area (TPSA) is 54.9 Å². The van der Waals surface area contributed by atoms with Crippen LogP contribution in [0.15, 0.2) is 0 Å². The van der Waals surface area contributed by atoms with Gasteiger partial charge in [0.05, 0.1) is 11.1 Å². The molecule has 0 aliphatic rings. The van der Waals surface area contributed by atoms with Crippen LogP contribution in [0.25, 0.3) is 0 Å². The molecular formula is C12H20ClN3OS. The number of rotatable bonds is 7. The average molecular weight is 290 g/mol. The van der Waals surface area contributed by atoms with E-state index in [9.17, 15) is 4.79 Å². The van der Waals surface area contributed by atoms with E-state index in [0.29, 0.717) is 17.3 Å². The van der Waals surface area contributed by atoms with Gasteiger partial charge in [0.15, 0.2) is 0 Å². The Morgan fingerprint density at radius 2 is 2.06 bits per heavy atom. The number of hydrogen-bond donors (Lipinski definition) is 1. The van der Waals surface area contributed by atoms with E-state index in [0.717, 1.165) is 36.5 Å². The summed E-state index contributed by atoms with van der Waals surface area (Å²) in [6, 6.07) is 0. The van der Waals surface area contributed by atoms with Gasteiger partial charge in [-0.1, -0.05) is 38.1 Å². The molecule has 0 spiro atoms. The van der Waals surface area contributed by atoms with E-state index >= 15 is 0 Å². The summed E-state index contributed by atoms with van der Waals surface area (Å²) < 4.78 is 3.81. The molecule has 4 nitrogen and oxygen atoms in total. The van der Waals surface area contributed by atoms with Crippen molar-refractivity contribution in [1.29, 1.82) is 0 Å². The minimum absolute atomic E-state index is 0.0186. The predicted octanol–water partition coefficient (Wildman–Crippen LogP) is 2.87. The van der Waals surface area contributed by atoms with Crippen molar-refractivity contribution < 1.29 is 4.79 Å². The minimum atomic E-state index is -0.113. The quantitative estimate of drug-likeness (QED) is 0.785. The number of aromatic nitrogens is 2. The van der Waals surface area contributed by atoms with Gasteiger partial charge in [-0.2, -0.15) is 0 Å². The molecule has 0 aliphatic carbocycles. The van der Waals surface area contributed by atoms with Gasteiger partial charge in [0.2, 0.25) is 0 Å². The summed E-state index contributed by atoms with van der Waals surface area (Å²) in [4.78, 5) is 12.6. The molecule has 0 fully saturated rings. The number of nitrogens with zero attached hydrogens (tertiary/aromatic N) is 2. The maximum atomic E-state index is 11.9. The van der Waals surface area contributed by atoms with E-state index < -0.39 is 0 Å². The van der Waals surface area contributed by atoms with E-state index in [1.54, 1.807) is 0 Å². The van der Waals surface area contributed by atoms with Gasteiger partial charge in [-0.05, 0) is 23.9 Å². The number of alkyl halides is 1. The SMILES string of the molecule is CCc1nnsc1C(=O)NCC(Cl)C(CC)CC. The van der Waals surface area contributed by atoms with Crippen molar-refractivity contribution >= 4 is 29.0 Å². The first-order chi connectivity index (χ1) is 8.63. The Bertz CT molecular complexity index is 379. The Morgan fingerprint density at radius 1 is 1.39 bits per heavy atom. The van der Waals surface area contributed by atoms with Gasteiger partial charge in [0, 0.05) is 6.54 Å². The third-order valence-electron chi connectivity index (χ3n) is 3.11. The molecule has 0 bridgehead atoms. The molecule has 0 saturated carbocycles. The van der Waals surface area contributed by atoms with Gasteiger partial charge >= 0.3 is 0 Å². The number of amides is 1. The summed E-state index contributed by atoms with van der Waals surface area (Å²) in [5.41, 5.74) is 0.756. The van der Waals surface area contributed by atoms with Crippen LogP contribution in [-0.4, -0.2) is 27.4 Å². The summed E-state index contributed by atoms with van der Waals surface area (Å²) >= 11 is 7.42. The number of hydrogen-bond acceptors (Lipinski definition) is 4. The molecule has 1 atom stereocenters. The normalized spacial score (nSPS) is 12.7. The highest BCUT2D eigenvalue weighted by Gasteiger charge is 2.19. The average Bonchev–Trinajstić information content (AvgIpc) is 2.85.